The Labute approximate surface area is 190 Å². The summed E-state index contributed by atoms with van der Waals surface area (Å²) < 4.78 is 245. The van der Waals surface area contributed by atoms with Gasteiger partial charge in [0.25, 0.3) is 0 Å². The van der Waals surface area contributed by atoms with Gasteiger partial charge in [0.2, 0.25) is 0 Å². The summed E-state index contributed by atoms with van der Waals surface area (Å²) in [6.45, 7) is 0. The predicted molar refractivity (Wildman–Crippen MR) is 86.7 cm³/mol. The second kappa shape index (κ2) is 7.86. The monoisotopic (exact) mass is 679 g/mol. The Morgan fingerprint density at radius 2 is 0.324 bits per heavy atom. The van der Waals surface area contributed by atoms with Crippen LogP contribution in [0.3, 0.4) is 0 Å². The van der Waals surface area contributed by atoms with Crippen LogP contribution in [0.15, 0.2) is 0 Å². The van der Waals surface area contributed by atoms with Gasteiger partial charge in [-0.25, -0.2) is 0 Å². The van der Waals surface area contributed by atoms with Gasteiger partial charge in [0.1, 0.15) is 0 Å². The van der Waals surface area contributed by atoms with Crippen LogP contribution in [0.1, 0.15) is 0 Å². The summed E-state index contributed by atoms with van der Waals surface area (Å²) in [4.78, 5) is 0. The van der Waals surface area contributed by atoms with E-state index in [4.69, 9.17) is 0 Å². The zero-order chi connectivity index (χ0) is 28.8. The van der Waals surface area contributed by atoms with Crippen molar-refractivity contribution in [2.24, 2.45) is 0 Å². The van der Waals surface area contributed by atoms with Crippen LogP contribution in [0.4, 0.5) is 74.3 Å². The first-order valence-electron chi connectivity index (χ1n) is 8.51. The zero-order valence-electron chi connectivity index (χ0n) is 16.3. The van der Waals surface area contributed by atoms with Crippen LogP contribution in [0.25, 0.3) is 0 Å². The van der Waals surface area contributed by atoms with E-state index in [9.17, 15) is 65.9 Å². The Bertz CT molecular complexity index is 1280. The van der Waals surface area contributed by atoms with Gasteiger partial charge in [-0.05, 0) is 0 Å². The molecule has 0 saturated heterocycles. The van der Waals surface area contributed by atoms with E-state index in [1.165, 1.54) is 0 Å². The molecule has 0 amide bonds. The van der Waals surface area contributed by atoms with Crippen LogP contribution < -0.4 is 10.5 Å². The fourth-order valence-electron chi connectivity index (χ4n) is 3.37. The summed E-state index contributed by atoms with van der Waals surface area (Å²) in [7, 11) is 0. The summed E-state index contributed by atoms with van der Waals surface area (Å²) in [5.74, 6) is -57.3. The number of rotatable bonds is 3. The van der Waals surface area contributed by atoms with Gasteiger partial charge in [0.05, 0.1) is 0 Å². The zero-order valence-corrected chi connectivity index (χ0v) is 18.8. The average molecular weight is 680 g/mol. The number of benzene rings is 3. The van der Waals surface area contributed by atoms with E-state index >= 15 is 8.44 Å². The molecule has 0 unspecified atom stereocenters. The first-order chi connectivity index (χ1) is 16.6. The van der Waals surface area contributed by atoms with Gasteiger partial charge in [0, 0.05) is 0 Å². The molecule has 0 aliphatic carbocycles. The van der Waals surface area contributed by atoms with Crippen molar-refractivity contribution in [2.75, 3.05) is 0 Å². The maximum atomic E-state index is 16.5. The molecule has 0 fully saturated rings. The SMILES string of the molecule is Fc1c(F)c(F)[c]([Sb-]([F])([F])([F])([c]2c(F)c(F)c(F)c(F)c2F)[c]2c(F)c(F)c(F)c(F)c2F)c(F)c1F. The molecule has 204 valence electrons. The Hall–Kier alpha value is -2.78. The first kappa shape index (κ1) is 28.8. The van der Waals surface area contributed by atoms with Crippen molar-refractivity contribution in [3.8, 4) is 0 Å². The van der Waals surface area contributed by atoms with Crippen LogP contribution in [0.2, 0.25) is 0 Å². The summed E-state index contributed by atoms with van der Waals surface area (Å²) in [6, 6.07) is 0. The van der Waals surface area contributed by atoms with Crippen molar-refractivity contribution in [3.63, 3.8) is 0 Å². The Kier molecular flexibility index (Phi) is 6.12. The van der Waals surface area contributed by atoms with E-state index in [-0.39, 0.29) is 0 Å². The van der Waals surface area contributed by atoms with Gasteiger partial charge < -0.3 is 0 Å². The van der Waals surface area contributed by atoms with Crippen LogP contribution in [0, 0.1) is 87.3 Å². The molecule has 0 N–H and O–H groups in total. The van der Waals surface area contributed by atoms with Crippen molar-refractivity contribution in [1.82, 2.24) is 0 Å². The summed E-state index contributed by atoms with van der Waals surface area (Å²) in [5.41, 5.74) is 0. The van der Waals surface area contributed by atoms with Crippen LogP contribution >= 0.6 is 0 Å². The van der Waals surface area contributed by atoms with Gasteiger partial charge in [-0.3, -0.25) is 0 Å². The van der Waals surface area contributed by atoms with Crippen LogP contribution in [0.5, 0.6) is 0 Å². The molecular weight excluding hydrogens is 680 g/mol. The average Bonchev–Trinajstić information content (AvgIpc) is 2.80. The molecule has 37 heavy (non-hydrogen) atoms. The van der Waals surface area contributed by atoms with E-state index in [1.807, 2.05) is 0 Å². The van der Waals surface area contributed by atoms with Crippen molar-refractivity contribution in [3.05, 3.63) is 87.3 Å². The summed E-state index contributed by atoms with van der Waals surface area (Å²) in [5, 5.41) is 0. The third kappa shape index (κ3) is 3.29. The van der Waals surface area contributed by atoms with Gasteiger partial charge in [0.15, 0.2) is 0 Å². The minimum absolute atomic E-state index is 3.42. The van der Waals surface area contributed by atoms with E-state index in [0.717, 1.165) is 0 Å². The molecule has 3 rings (SSSR count). The Morgan fingerprint density at radius 3 is 0.459 bits per heavy atom. The van der Waals surface area contributed by atoms with E-state index in [2.05, 4.69) is 0 Å². The maximum absolute atomic E-state index is 16.5. The van der Waals surface area contributed by atoms with E-state index in [1.54, 1.807) is 0 Å². The van der Waals surface area contributed by atoms with Gasteiger partial charge in [-0.15, -0.1) is 0 Å². The Morgan fingerprint density at radius 1 is 0.216 bits per heavy atom. The molecule has 0 atom stereocenters. The predicted octanol–water partition coefficient (Wildman–Crippen LogP) is 5.55. The first-order valence-corrected chi connectivity index (χ1v) is 15.2. The molecule has 0 bridgehead atoms. The van der Waals surface area contributed by atoms with Crippen molar-refractivity contribution < 1.29 is 74.3 Å². The number of hydrogen-bond donors (Lipinski definition) is 0. The molecule has 0 aliphatic rings. The molecule has 0 saturated carbocycles. The molecule has 0 spiro atoms. The third-order valence-electron chi connectivity index (χ3n) is 4.99. The van der Waals surface area contributed by atoms with Crippen LogP contribution in [-0.2, 0) is 0 Å². The van der Waals surface area contributed by atoms with E-state index in [0.29, 0.717) is 0 Å². The molecule has 3 aromatic carbocycles. The van der Waals surface area contributed by atoms with Crippen LogP contribution in [-0.4, -0.2) is 17.7 Å². The normalized spacial score (nSPS) is 14.1. The third-order valence-corrected chi connectivity index (χ3v) is 16.5. The second-order valence-corrected chi connectivity index (χ2v) is 18.2. The molecule has 0 aliphatic heterocycles. The minimum atomic E-state index is -13.5. The molecule has 19 heteroatoms. The number of halogens is 18. The second-order valence-electron chi connectivity index (χ2n) is 7.04. The van der Waals surface area contributed by atoms with Gasteiger partial charge in [-0.2, -0.15) is 0 Å². The molecule has 0 radical (unpaired) electrons. The van der Waals surface area contributed by atoms with Crippen molar-refractivity contribution in [2.45, 2.75) is 0 Å². The van der Waals surface area contributed by atoms with Gasteiger partial charge >= 0.3 is 190 Å². The molecule has 0 heterocycles. The van der Waals surface area contributed by atoms with E-state index < -0.39 is 116 Å². The quantitative estimate of drug-likeness (QED) is 0.148. The molecular formula is C18F18Sb-. The van der Waals surface area contributed by atoms with Crippen molar-refractivity contribution >= 4 is 28.3 Å². The summed E-state index contributed by atoms with van der Waals surface area (Å²) in [6.07, 6.45) is 0. The topological polar surface area (TPSA) is 0 Å². The number of hydrogen-bond acceptors (Lipinski definition) is 0. The fraction of sp³-hybridized carbons (Fsp3) is 0. The standard InChI is InChI=1S/3C6F5.3FH.Sb/c3*7-2-1-3(8)5(10)6(11)4(2)9;;;;/h;;;3*1H;/q;;;;;;+2/p-3. The Balaban J connectivity index is 2.99. The molecule has 0 aromatic heterocycles. The van der Waals surface area contributed by atoms with Gasteiger partial charge in [-0.1, -0.05) is 0 Å². The molecule has 0 nitrogen and oxygen atoms in total. The summed E-state index contributed by atoms with van der Waals surface area (Å²) >= 11 is -13.5. The fourth-order valence-corrected chi connectivity index (χ4v) is 14.1. The van der Waals surface area contributed by atoms with Crippen molar-refractivity contribution in [1.29, 1.82) is 0 Å². The molecule has 3 aromatic rings.